The van der Waals surface area contributed by atoms with Crippen LogP contribution in [0.25, 0.3) is 0 Å². The van der Waals surface area contributed by atoms with Gasteiger partial charge < -0.3 is 4.74 Å². The molecule has 0 saturated carbocycles. The van der Waals surface area contributed by atoms with Crippen LogP contribution in [0.15, 0.2) is 11.6 Å². The van der Waals surface area contributed by atoms with Gasteiger partial charge in [-0.05, 0) is 25.8 Å². The number of ether oxygens (including phenoxy) is 1. The zero-order valence-electron chi connectivity index (χ0n) is 8.47. The average molecular weight is 188 g/mol. The van der Waals surface area contributed by atoms with E-state index in [1.165, 1.54) is 6.08 Å². The minimum Gasteiger partial charge on any atom is -0.462 e. The van der Waals surface area contributed by atoms with Crippen LogP contribution in [0.4, 0.5) is 4.39 Å². The first-order valence-electron chi connectivity index (χ1n) is 4.61. The van der Waals surface area contributed by atoms with Crippen molar-refractivity contribution in [3.63, 3.8) is 0 Å². The molecule has 2 nitrogen and oxygen atoms in total. The number of carbonyl (C=O) groups excluding carboxylic acids is 1. The summed E-state index contributed by atoms with van der Waals surface area (Å²) in [6.07, 6.45) is 1.43. The number of hydrogen-bond donors (Lipinski definition) is 0. The van der Waals surface area contributed by atoms with E-state index in [-0.39, 0.29) is 0 Å². The van der Waals surface area contributed by atoms with Crippen LogP contribution in [0.2, 0.25) is 0 Å². The van der Waals surface area contributed by atoms with Gasteiger partial charge in [0.05, 0.1) is 6.61 Å². The highest BCUT2D eigenvalue weighted by Gasteiger charge is 2.07. The Morgan fingerprint density at radius 2 is 2.15 bits per heavy atom. The van der Waals surface area contributed by atoms with Crippen molar-refractivity contribution in [3.05, 3.63) is 11.6 Å². The van der Waals surface area contributed by atoms with Gasteiger partial charge in [-0.2, -0.15) is 0 Å². The van der Waals surface area contributed by atoms with Gasteiger partial charge in [-0.3, -0.25) is 0 Å². The number of alkyl halides is 1. The van der Waals surface area contributed by atoms with Crippen LogP contribution in [-0.2, 0) is 9.53 Å². The monoisotopic (exact) mass is 188 g/mol. The molecule has 0 aromatic carbocycles. The molecule has 76 valence electrons. The van der Waals surface area contributed by atoms with Crippen LogP contribution < -0.4 is 0 Å². The third-order valence-electron chi connectivity index (χ3n) is 1.58. The summed E-state index contributed by atoms with van der Waals surface area (Å²) >= 11 is 0. The molecule has 13 heavy (non-hydrogen) atoms. The van der Waals surface area contributed by atoms with Gasteiger partial charge in [0.25, 0.3) is 0 Å². The third kappa shape index (κ3) is 5.39. The Morgan fingerprint density at radius 3 is 2.62 bits per heavy atom. The van der Waals surface area contributed by atoms with E-state index < -0.39 is 12.1 Å². The maximum Gasteiger partial charge on any atom is 0.333 e. The SMILES string of the molecule is CCCOC(=O)/C(C)=C/C(F)CC. The molecule has 0 aromatic heterocycles. The summed E-state index contributed by atoms with van der Waals surface area (Å²) in [7, 11) is 0. The zero-order valence-corrected chi connectivity index (χ0v) is 8.47. The average Bonchev–Trinajstić information content (AvgIpc) is 2.13. The van der Waals surface area contributed by atoms with Crippen LogP contribution in [0.3, 0.4) is 0 Å². The van der Waals surface area contributed by atoms with E-state index >= 15 is 0 Å². The van der Waals surface area contributed by atoms with Crippen LogP contribution >= 0.6 is 0 Å². The van der Waals surface area contributed by atoms with E-state index in [9.17, 15) is 9.18 Å². The first kappa shape index (κ1) is 12.1. The molecule has 0 aromatic rings. The lowest BCUT2D eigenvalue weighted by molar-refractivity contribution is -0.139. The van der Waals surface area contributed by atoms with E-state index in [1.807, 2.05) is 6.92 Å². The number of halogens is 1. The molecule has 1 atom stereocenters. The first-order chi connectivity index (χ1) is 6.11. The van der Waals surface area contributed by atoms with Gasteiger partial charge in [0.1, 0.15) is 6.17 Å². The van der Waals surface area contributed by atoms with Crippen molar-refractivity contribution in [1.29, 1.82) is 0 Å². The summed E-state index contributed by atoms with van der Waals surface area (Å²) in [5, 5.41) is 0. The Bertz CT molecular complexity index is 187. The molecule has 0 heterocycles. The Morgan fingerprint density at radius 1 is 1.54 bits per heavy atom. The summed E-state index contributed by atoms with van der Waals surface area (Å²) in [6, 6.07) is 0. The molecule has 0 aliphatic rings. The fourth-order valence-electron chi connectivity index (χ4n) is 0.766. The van der Waals surface area contributed by atoms with Crippen LogP contribution in [0.5, 0.6) is 0 Å². The van der Waals surface area contributed by atoms with Crippen molar-refractivity contribution in [2.24, 2.45) is 0 Å². The Hall–Kier alpha value is -0.860. The fourth-order valence-corrected chi connectivity index (χ4v) is 0.766. The highest BCUT2D eigenvalue weighted by molar-refractivity contribution is 5.87. The Balaban J connectivity index is 4.00. The Labute approximate surface area is 78.8 Å². The molecule has 0 fully saturated rings. The normalized spacial score (nSPS) is 14.0. The highest BCUT2D eigenvalue weighted by atomic mass is 19.1. The van der Waals surface area contributed by atoms with E-state index in [0.717, 1.165) is 6.42 Å². The predicted octanol–water partition coefficient (Wildman–Crippen LogP) is 2.63. The number of rotatable bonds is 5. The van der Waals surface area contributed by atoms with Gasteiger partial charge in [-0.1, -0.05) is 13.8 Å². The zero-order chi connectivity index (χ0) is 10.3. The van der Waals surface area contributed by atoms with E-state index in [2.05, 4.69) is 0 Å². The van der Waals surface area contributed by atoms with Crippen molar-refractivity contribution in [1.82, 2.24) is 0 Å². The van der Waals surface area contributed by atoms with Crippen LogP contribution in [0, 0.1) is 0 Å². The van der Waals surface area contributed by atoms with E-state index in [4.69, 9.17) is 4.74 Å². The molecule has 0 rings (SSSR count). The molecule has 1 unspecified atom stereocenters. The molecule has 0 spiro atoms. The van der Waals surface area contributed by atoms with Crippen molar-refractivity contribution in [2.75, 3.05) is 6.61 Å². The second kappa shape index (κ2) is 6.63. The van der Waals surface area contributed by atoms with Gasteiger partial charge in [-0.25, -0.2) is 9.18 Å². The lowest BCUT2D eigenvalue weighted by Crippen LogP contribution is -2.08. The summed E-state index contributed by atoms with van der Waals surface area (Å²) in [4.78, 5) is 11.1. The standard InChI is InChI=1S/C10H17FO2/c1-4-6-13-10(12)8(3)7-9(11)5-2/h7,9H,4-6H2,1-3H3/b8-7+. The quantitative estimate of drug-likeness (QED) is 0.489. The minimum atomic E-state index is -1.05. The largest absolute Gasteiger partial charge is 0.462 e. The van der Waals surface area contributed by atoms with Gasteiger partial charge >= 0.3 is 5.97 Å². The molecule has 0 aliphatic heterocycles. The molecule has 0 N–H and O–H groups in total. The highest BCUT2D eigenvalue weighted by Crippen LogP contribution is 2.05. The summed E-state index contributed by atoms with van der Waals surface area (Å²) < 4.78 is 17.6. The van der Waals surface area contributed by atoms with Crippen molar-refractivity contribution in [2.45, 2.75) is 39.8 Å². The molecule has 0 bridgehead atoms. The number of esters is 1. The van der Waals surface area contributed by atoms with Crippen LogP contribution in [-0.4, -0.2) is 18.7 Å². The van der Waals surface area contributed by atoms with Gasteiger partial charge in [0.2, 0.25) is 0 Å². The summed E-state index contributed by atoms with van der Waals surface area (Å²) in [6.45, 7) is 5.61. The van der Waals surface area contributed by atoms with Crippen LogP contribution in [0.1, 0.15) is 33.6 Å². The smallest absolute Gasteiger partial charge is 0.333 e. The first-order valence-corrected chi connectivity index (χ1v) is 4.61. The van der Waals surface area contributed by atoms with Crippen molar-refractivity contribution >= 4 is 5.97 Å². The van der Waals surface area contributed by atoms with Gasteiger partial charge in [0, 0.05) is 5.57 Å². The predicted molar refractivity (Wildman–Crippen MR) is 50.2 cm³/mol. The second-order valence-corrected chi connectivity index (χ2v) is 2.91. The molecule has 0 radical (unpaired) electrons. The molecular formula is C10H17FO2. The maximum atomic E-state index is 12.8. The minimum absolute atomic E-state index is 0.350. The lowest BCUT2D eigenvalue weighted by atomic mass is 10.2. The second-order valence-electron chi connectivity index (χ2n) is 2.91. The van der Waals surface area contributed by atoms with E-state index in [1.54, 1.807) is 13.8 Å². The van der Waals surface area contributed by atoms with Crippen molar-refractivity contribution in [3.8, 4) is 0 Å². The summed E-state index contributed by atoms with van der Waals surface area (Å²) in [5.74, 6) is -0.419. The number of carbonyl (C=O) groups is 1. The molecular weight excluding hydrogens is 171 g/mol. The topological polar surface area (TPSA) is 26.3 Å². The molecule has 0 saturated heterocycles. The maximum absolute atomic E-state index is 12.8. The summed E-state index contributed by atoms with van der Waals surface area (Å²) in [5.41, 5.74) is 0.350. The number of allylic oxidation sites excluding steroid dienone is 1. The van der Waals surface area contributed by atoms with Gasteiger partial charge in [0.15, 0.2) is 0 Å². The van der Waals surface area contributed by atoms with Gasteiger partial charge in [-0.15, -0.1) is 0 Å². The van der Waals surface area contributed by atoms with Crippen molar-refractivity contribution < 1.29 is 13.9 Å². The molecule has 3 heteroatoms. The number of hydrogen-bond acceptors (Lipinski definition) is 2. The Kier molecular flexibility index (Phi) is 6.20. The van der Waals surface area contributed by atoms with E-state index in [0.29, 0.717) is 18.6 Å². The lowest BCUT2D eigenvalue weighted by Gasteiger charge is -2.04. The molecule has 0 aliphatic carbocycles. The molecule has 0 amide bonds. The third-order valence-corrected chi connectivity index (χ3v) is 1.58. The fraction of sp³-hybridized carbons (Fsp3) is 0.700.